The normalized spacial score (nSPS) is 16.1. The average molecular weight is 634 g/mol. The highest BCUT2D eigenvalue weighted by molar-refractivity contribution is 5.94. The summed E-state index contributed by atoms with van der Waals surface area (Å²) < 4.78 is 17.5. The molecule has 0 radical (unpaired) electrons. The number of likely N-dealkylation sites (tertiary alicyclic amines) is 1. The highest BCUT2D eigenvalue weighted by Crippen LogP contribution is 2.44. The van der Waals surface area contributed by atoms with Crippen molar-refractivity contribution < 1.29 is 24.1 Å². The van der Waals surface area contributed by atoms with Crippen LogP contribution in [0.5, 0.6) is 11.5 Å². The second-order valence-electron chi connectivity index (χ2n) is 13.4. The fraction of sp³-hybridized carbons (Fsp3) is 0.625. The van der Waals surface area contributed by atoms with Crippen LogP contribution in [0.1, 0.15) is 120 Å². The monoisotopic (exact) mass is 633 g/mol. The quantitative estimate of drug-likeness (QED) is 0.130. The van der Waals surface area contributed by atoms with Crippen LogP contribution in [-0.2, 0) is 22.5 Å². The van der Waals surface area contributed by atoms with Gasteiger partial charge in [-0.2, -0.15) is 0 Å². The van der Waals surface area contributed by atoms with E-state index in [-0.39, 0.29) is 0 Å². The van der Waals surface area contributed by atoms with E-state index in [2.05, 4.69) is 42.2 Å². The summed E-state index contributed by atoms with van der Waals surface area (Å²) in [6.07, 6.45) is 18.1. The Bertz CT molecular complexity index is 1220. The van der Waals surface area contributed by atoms with Gasteiger partial charge in [-0.3, -0.25) is 4.90 Å². The molecule has 1 fully saturated rings. The molecule has 0 bridgehead atoms. The first-order chi connectivity index (χ1) is 22.5. The van der Waals surface area contributed by atoms with E-state index < -0.39 is 12.1 Å². The van der Waals surface area contributed by atoms with E-state index in [9.17, 15) is 9.90 Å². The molecule has 1 N–H and O–H groups in total. The van der Waals surface area contributed by atoms with Crippen LogP contribution in [-0.4, -0.2) is 56.0 Å². The van der Waals surface area contributed by atoms with Gasteiger partial charge in [-0.15, -0.1) is 0 Å². The number of rotatable bonds is 22. The lowest BCUT2D eigenvalue weighted by Crippen LogP contribution is -2.33. The first-order valence-corrected chi connectivity index (χ1v) is 18.1. The molecule has 1 unspecified atom stereocenters. The van der Waals surface area contributed by atoms with Gasteiger partial charge >= 0.3 is 5.97 Å². The molecule has 0 saturated carbocycles. The molecule has 2 aromatic rings. The molecule has 46 heavy (non-hydrogen) atoms. The van der Waals surface area contributed by atoms with Crippen molar-refractivity contribution in [3.63, 3.8) is 0 Å². The van der Waals surface area contributed by atoms with Gasteiger partial charge in [0.15, 0.2) is 17.6 Å². The van der Waals surface area contributed by atoms with Crippen molar-refractivity contribution in [2.75, 3.05) is 33.9 Å². The molecule has 2 aliphatic rings. The lowest BCUT2D eigenvalue weighted by atomic mass is 9.87. The molecule has 1 aliphatic heterocycles. The predicted octanol–water partition coefficient (Wildman–Crippen LogP) is 9.49. The van der Waals surface area contributed by atoms with Crippen molar-refractivity contribution in [1.29, 1.82) is 0 Å². The number of allylic oxidation sites excluding steroid dienone is 1. The number of piperidine rings is 1. The Morgan fingerprint density at radius 2 is 1.43 bits per heavy atom. The fourth-order valence-corrected chi connectivity index (χ4v) is 7.30. The minimum atomic E-state index is -0.972. The van der Waals surface area contributed by atoms with Crippen molar-refractivity contribution in [3.8, 4) is 11.5 Å². The van der Waals surface area contributed by atoms with E-state index in [1.54, 1.807) is 14.2 Å². The number of fused-ring (bicyclic) bond motifs is 1. The number of hydrogen-bond acceptors (Lipinski definition) is 5. The number of carbonyl (C=O) groups is 1. The van der Waals surface area contributed by atoms with Crippen molar-refractivity contribution >= 4 is 11.5 Å². The molecule has 0 amide bonds. The lowest BCUT2D eigenvalue weighted by Gasteiger charge is -2.32. The highest BCUT2D eigenvalue weighted by atomic mass is 16.5. The zero-order valence-corrected chi connectivity index (χ0v) is 28.9. The Balaban J connectivity index is 1.33. The molecular formula is C40H59NO5. The van der Waals surface area contributed by atoms with E-state index in [1.165, 1.54) is 75.3 Å². The van der Waals surface area contributed by atoms with Gasteiger partial charge in [0, 0.05) is 13.2 Å². The summed E-state index contributed by atoms with van der Waals surface area (Å²) in [4.78, 5) is 15.3. The standard InChI is InChI=1S/C40H59NO5/c1-4-5-6-7-8-9-10-11-12-13-14-18-25-46-39(40(42)43)38-34(27-33-28-36(44-2)37(45-3)29-35(33)38)26-31-21-23-41(24-22-31)30-32-19-16-15-17-20-32/h15-17,19-20,28-29,31,39H,4-14,18,21-27,30H2,1-3H3,(H,42,43). The second kappa shape index (κ2) is 19.7. The molecule has 2 aromatic carbocycles. The Morgan fingerprint density at radius 3 is 2.02 bits per heavy atom. The highest BCUT2D eigenvalue weighted by Gasteiger charge is 2.35. The molecule has 6 nitrogen and oxygen atoms in total. The number of methoxy groups -OCH3 is 2. The fourth-order valence-electron chi connectivity index (χ4n) is 7.30. The Kier molecular flexibility index (Phi) is 15.5. The molecule has 1 heterocycles. The number of carboxylic acid groups (broad SMARTS) is 1. The smallest absolute Gasteiger partial charge is 0.337 e. The van der Waals surface area contributed by atoms with Crippen LogP contribution in [0.15, 0.2) is 48.0 Å². The van der Waals surface area contributed by atoms with E-state index in [1.807, 2.05) is 12.1 Å². The maximum Gasteiger partial charge on any atom is 0.337 e. The predicted molar refractivity (Wildman–Crippen MR) is 188 cm³/mol. The summed E-state index contributed by atoms with van der Waals surface area (Å²) in [5.74, 6) is 0.923. The topological polar surface area (TPSA) is 68.2 Å². The summed E-state index contributed by atoms with van der Waals surface area (Å²) in [5, 5.41) is 10.5. The van der Waals surface area contributed by atoms with E-state index in [4.69, 9.17) is 14.2 Å². The molecular weight excluding hydrogens is 574 g/mol. The van der Waals surface area contributed by atoms with Gasteiger partial charge in [0.2, 0.25) is 0 Å². The third-order valence-corrected chi connectivity index (χ3v) is 9.94. The van der Waals surface area contributed by atoms with E-state index in [0.717, 1.165) is 74.9 Å². The number of hydrogen-bond donors (Lipinski definition) is 1. The molecule has 254 valence electrons. The SMILES string of the molecule is CCCCCCCCCCCCCCOC(C(=O)O)C1=C(CC2CCN(Cc3ccccc3)CC2)Cc2cc(OC)c(OC)cc21. The van der Waals surface area contributed by atoms with Crippen molar-refractivity contribution in [2.45, 2.75) is 122 Å². The Hall–Kier alpha value is -2.83. The third kappa shape index (κ3) is 10.9. The Labute approximate surface area is 278 Å². The summed E-state index contributed by atoms with van der Waals surface area (Å²) >= 11 is 0. The third-order valence-electron chi connectivity index (χ3n) is 9.94. The average Bonchev–Trinajstić information content (AvgIpc) is 3.41. The van der Waals surface area contributed by atoms with E-state index in [0.29, 0.717) is 24.0 Å². The van der Waals surface area contributed by atoms with Crippen LogP contribution in [0, 0.1) is 5.92 Å². The second-order valence-corrected chi connectivity index (χ2v) is 13.4. The number of unbranched alkanes of at least 4 members (excludes halogenated alkanes) is 11. The van der Waals surface area contributed by atoms with Crippen LogP contribution in [0.25, 0.3) is 5.57 Å². The largest absolute Gasteiger partial charge is 0.493 e. The van der Waals surface area contributed by atoms with Gasteiger partial charge in [-0.25, -0.2) is 4.79 Å². The summed E-state index contributed by atoms with van der Waals surface area (Å²) in [5.41, 5.74) is 5.44. The molecule has 6 heteroatoms. The van der Waals surface area contributed by atoms with Crippen molar-refractivity contribution in [2.24, 2.45) is 5.92 Å². The zero-order chi connectivity index (χ0) is 32.6. The zero-order valence-electron chi connectivity index (χ0n) is 28.9. The van der Waals surface area contributed by atoms with Crippen molar-refractivity contribution in [3.05, 3.63) is 64.7 Å². The minimum Gasteiger partial charge on any atom is -0.493 e. The van der Waals surface area contributed by atoms with Crippen LogP contribution in [0.3, 0.4) is 0 Å². The maximum absolute atomic E-state index is 12.8. The minimum absolute atomic E-state index is 0.464. The van der Waals surface area contributed by atoms with Crippen LogP contribution >= 0.6 is 0 Å². The van der Waals surface area contributed by atoms with Gasteiger partial charge < -0.3 is 19.3 Å². The van der Waals surface area contributed by atoms with Gasteiger partial charge in [-0.05, 0) is 85.5 Å². The molecule has 1 atom stereocenters. The summed E-state index contributed by atoms with van der Waals surface area (Å²) in [7, 11) is 3.28. The first-order valence-electron chi connectivity index (χ1n) is 18.1. The number of ether oxygens (including phenoxy) is 3. The molecule has 0 spiro atoms. The van der Waals surface area contributed by atoms with Gasteiger partial charge in [-0.1, -0.05) is 113 Å². The first kappa shape index (κ1) is 36.0. The Morgan fingerprint density at radius 1 is 0.848 bits per heavy atom. The van der Waals surface area contributed by atoms with Crippen LogP contribution < -0.4 is 9.47 Å². The molecule has 1 saturated heterocycles. The van der Waals surface area contributed by atoms with E-state index >= 15 is 0 Å². The van der Waals surface area contributed by atoms with Crippen LogP contribution in [0.2, 0.25) is 0 Å². The number of carboxylic acids is 1. The number of benzene rings is 2. The van der Waals surface area contributed by atoms with Gasteiger partial charge in [0.1, 0.15) is 0 Å². The number of aliphatic carboxylic acids is 1. The van der Waals surface area contributed by atoms with Gasteiger partial charge in [0.25, 0.3) is 0 Å². The van der Waals surface area contributed by atoms with Crippen molar-refractivity contribution in [1.82, 2.24) is 4.90 Å². The number of nitrogens with zero attached hydrogens (tertiary/aromatic N) is 1. The summed E-state index contributed by atoms with van der Waals surface area (Å²) in [6.45, 7) is 5.85. The maximum atomic E-state index is 12.8. The van der Waals surface area contributed by atoms with Crippen LogP contribution in [0.4, 0.5) is 0 Å². The molecule has 4 rings (SSSR count). The lowest BCUT2D eigenvalue weighted by molar-refractivity contribution is -0.146. The van der Waals surface area contributed by atoms with Gasteiger partial charge in [0.05, 0.1) is 14.2 Å². The molecule has 0 aromatic heterocycles. The molecule has 1 aliphatic carbocycles. The summed E-state index contributed by atoms with van der Waals surface area (Å²) in [6, 6.07) is 14.7.